The summed E-state index contributed by atoms with van der Waals surface area (Å²) < 4.78 is 5.96. The van der Waals surface area contributed by atoms with E-state index in [4.69, 9.17) is 4.74 Å². The van der Waals surface area contributed by atoms with E-state index >= 15 is 0 Å². The summed E-state index contributed by atoms with van der Waals surface area (Å²) in [4.78, 5) is 0. The molecule has 1 aromatic carbocycles. The van der Waals surface area contributed by atoms with Crippen LogP contribution < -0.4 is 4.74 Å². The molecule has 0 atom stereocenters. The van der Waals surface area contributed by atoms with Gasteiger partial charge in [-0.25, -0.2) is 0 Å². The number of hydrogen-bond acceptors (Lipinski definition) is 1. The van der Waals surface area contributed by atoms with E-state index in [0.717, 1.165) is 18.8 Å². The maximum absolute atomic E-state index is 5.96. The summed E-state index contributed by atoms with van der Waals surface area (Å²) >= 11 is 0. The SMILES string of the molecule is CC=CCc1cccc(OCC(C)(C)[SiH](C)C)c1. The standard InChI is InChI=1S/C16H26OSi/c1-6-7-9-14-10-8-11-15(12-14)17-13-16(2,3)18(4)5/h6-8,10-12,18H,9,13H2,1-5H3. The highest BCUT2D eigenvalue weighted by atomic mass is 28.3. The first-order chi connectivity index (χ1) is 8.45. The Kier molecular flexibility index (Phi) is 5.67. The fourth-order valence-electron chi connectivity index (χ4n) is 1.45. The molecule has 1 nitrogen and oxygen atoms in total. The molecule has 0 bridgehead atoms. The van der Waals surface area contributed by atoms with Crippen LogP contribution in [0.2, 0.25) is 18.1 Å². The van der Waals surface area contributed by atoms with Crippen molar-refractivity contribution >= 4 is 8.80 Å². The number of hydrogen-bond donors (Lipinski definition) is 0. The summed E-state index contributed by atoms with van der Waals surface area (Å²) in [6.45, 7) is 12.3. The molecular formula is C16H26OSi. The normalized spacial score (nSPS) is 12.3. The molecule has 1 rings (SSSR count). The molecule has 0 saturated carbocycles. The van der Waals surface area contributed by atoms with Gasteiger partial charge in [-0.15, -0.1) is 0 Å². The molecule has 0 saturated heterocycles. The minimum atomic E-state index is -0.688. The molecule has 18 heavy (non-hydrogen) atoms. The summed E-state index contributed by atoms with van der Waals surface area (Å²) in [6.07, 6.45) is 5.24. The van der Waals surface area contributed by atoms with Crippen LogP contribution in [0, 0.1) is 0 Å². The zero-order valence-electron chi connectivity index (χ0n) is 12.4. The minimum Gasteiger partial charge on any atom is -0.493 e. The van der Waals surface area contributed by atoms with Crippen molar-refractivity contribution in [2.45, 2.75) is 45.3 Å². The van der Waals surface area contributed by atoms with Crippen LogP contribution >= 0.6 is 0 Å². The molecule has 0 amide bonds. The van der Waals surface area contributed by atoms with E-state index in [2.05, 4.69) is 70.3 Å². The van der Waals surface area contributed by atoms with E-state index in [1.807, 2.05) is 0 Å². The first-order valence-electron chi connectivity index (χ1n) is 6.78. The summed E-state index contributed by atoms with van der Waals surface area (Å²) in [7, 11) is -0.688. The van der Waals surface area contributed by atoms with Crippen LogP contribution in [0.15, 0.2) is 36.4 Å². The molecule has 0 aliphatic heterocycles. The summed E-state index contributed by atoms with van der Waals surface area (Å²) in [6, 6.07) is 8.43. The second-order valence-corrected chi connectivity index (χ2v) is 9.72. The first-order valence-corrected chi connectivity index (χ1v) is 9.67. The number of rotatable bonds is 6. The Morgan fingerprint density at radius 3 is 2.61 bits per heavy atom. The summed E-state index contributed by atoms with van der Waals surface area (Å²) in [5, 5.41) is 0.347. The van der Waals surface area contributed by atoms with Crippen molar-refractivity contribution in [3.05, 3.63) is 42.0 Å². The Morgan fingerprint density at radius 2 is 2.00 bits per heavy atom. The lowest BCUT2D eigenvalue weighted by Gasteiger charge is -2.28. The highest BCUT2D eigenvalue weighted by Crippen LogP contribution is 2.29. The van der Waals surface area contributed by atoms with Gasteiger partial charge in [-0.2, -0.15) is 0 Å². The van der Waals surface area contributed by atoms with Crippen LogP contribution in [-0.2, 0) is 6.42 Å². The average Bonchev–Trinajstić information content (AvgIpc) is 2.34. The van der Waals surface area contributed by atoms with Crippen LogP contribution in [0.3, 0.4) is 0 Å². The van der Waals surface area contributed by atoms with Crippen molar-refractivity contribution in [1.82, 2.24) is 0 Å². The molecule has 0 aromatic heterocycles. The van der Waals surface area contributed by atoms with Crippen LogP contribution in [-0.4, -0.2) is 15.4 Å². The molecule has 0 heterocycles. The van der Waals surface area contributed by atoms with Gasteiger partial charge >= 0.3 is 0 Å². The quantitative estimate of drug-likeness (QED) is 0.543. The van der Waals surface area contributed by atoms with Crippen molar-refractivity contribution in [3.63, 3.8) is 0 Å². The van der Waals surface area contributed by atoms with Crippen molar-refractivity contribution in [2.75, 3.05) is 6.61 Å². The summed E-state index contributed by atoms with van der Waals surface area (Å²) in [5.74, 6) is 1.000. The Labute approximate surface area is 113 Å². The molecule has 100 valence electrons. The van der Waals surface area contributed by atoms with E-state index in [-0.39, 0.29) is 0 Å². The molecule has 0 unspecified atom stereocenters. The van der Waals surface area contributed by atoms with E-state index in [0.29, 0.717) is 5.04 Å². The lowest BCUT2D eigenvalue weighted by Crippen LogP contribution is -2.27. The zero-order chi connectivity index (χ0) is 13.6. The van der Waals surface area contributed by atoms with Crippen molar-refractivity contribution in [1.29, 1.82) is 0 Å². The lowest BCUT2D eigenvalue weighted by atomic mass is 10.1. The van der Waals surface area contributed by atoms with Crippen LogP contribution in [0.1, 0.15) is 26.3 Å². The van der Waals surface area contributed by atoms with Gasteiger partial charge in [0, 0.05) is 8.80 Å². The van der Waals surface area contributed by atoms with Gasteiger partial charge < -0.3 is 4.74 Å². The maximum atomic E-state index is 5.96. The predicted molar refractivity (Wildman–Crippen MR) is 83.4 cm³/mol. The van der Waals surface area contributed by atoms with Gasteiger partial charge in [0.25, 0.3) is 0 Å². The monoisotopic (exact) mass is 262 g/mol. The third-order valence-electron chi connectivity index (χ3n) is 3.66. The van der Waals surface area contributed by atoms with Gasteiger partial charge in [0.2, 0.25) is 0 Å². The number of allylic oxidation sites excluding steroid dienone is 2. The highest BCUT2D eigenvalue weighted by Gasteiger charge is 2.24. The minimum absolute atomic E-state index is 0.347. The number of benzene rings is 1. The van der Waals surface area contributed by atoms with E-state index in [1.54, 1.807) is 0 Å². The molecule has 0 aliphatic carbocycles. The molecule has 2 heteroatoms. The van der Waals surface area contributed by atoms with E-state index in [9.17, 15) is 0 Å². The topological polar surface area (TPSA) is 9.23 Å². The van der Waals surface area contributed by atoms with Crippen molar-refractivity contribution in [2.24, 2.45) is 0 Å². The Hall–Kier alpha value is -1.02. The average molecular weight is 262 g/mol. The lowest BCUT2D eigenvalue weighted by molar-refractivity contribution is 0.276. The second kappa shape index (κ2) is 6.79. The molecule has 0 N–H and O–H groups in total. The van der Waals surface area contributed by atoms with Gasteiger partial charge in [-0.3, -0.25) is 0 Å². The van der Waals surface area contributed by atoms with Gasteiger partial charge in [-0.1, -0.05) is 51.2 Å². The fourth-order valence-corrected chi connectivity index (χ4v) is 1.87. The second-order valence-electron chi connectivity index (χ2n) is 5.85. The van der Waals surface area contributed by atoms with E-state index in [1.165, 1.54) is 5.56 Å². The van der Waals surface area contributed by atoms with Crippen LogP contribution in [0.5, 0.6) is 5.75 Å². The van der Waals surface area contributed by atoms with Crippen molar-refractivity contribution < 1.29 is 4.74 Å². The third-order valence-corrected chi connectivity index (χ3v) is 6.95. The summed E-state index contributed by atoms with van der Waals surface area (Å²) in [5.41, 5.74) is 1.31. The van der Waals surface area contributed by atoms with Gasteiger partial charge in [-0.05, 0) is 36.1 Å². The maximum Gasteiger partial charge on any atom is 0.119 e. The Morgan fingerprint density at radius 1 is 1.28 bits per heavy atom. The smallest absolute Gasteiger partial charge is 0.119 e. The van der Waals surface area contributed by atoms with Gasteiger partial charge in [0.15, 0.2) is 0 Å². The fraction of sp³-hybridized carbons (Fsp3) is 0.500. The van der Waals surface area contributed by atoms with E-state index < -0.39 is 8.80 Å². The Bertz CT molecular complexity index is 394. The van der Waals surface area contributed by atoms with Crippen LogP contribution in [0.4, 0.5) is 0 Å². The molecule has 0 radical (unpaired) electrons. The van der Waals surface area contributed by atoms with Crippen molar-refractivity contribution in [3.8, 4) is 5.75 Å². The van der Waals surface area contributed by atoms with Crippen LogP contribution in [0.25, 0.3) is 0 Å². The highest BCUT2D eigenvalue weighted by molar-refractivity contribution is 6.59. The third kappa shape index (κ3) is 4.69. The molecule has 0 aliphatic rings. The molecule has 0 fully saturated rings. The first kappa shape index (κ1) is 15.0. The van der Waals surface area contributed by atoms with Gasteiger partial charge in [0.05, 0.1) is 6.61 Å². The molecule has 1 aromatic rings. The Balaban J connectivity index is 2.62. The van der Waals surface area contributed by atoms with Gasteiger partial charge in [0.1, 0.15) is 5.75 Å². The number of ether oxygens (including phenoxy) is 1. The zero-order valence-corrected chi connectivity index (χ0v) is 13.5. The predicted octanol–water partition coefficient (Wildman–Crippen LogP) is 4.45. The molecular weight excluding hydrogens is 236 g/mol. The largest absolute Gasteiger partial charge is 0.493 e. The molecule has 0 spiro atoms.